The molecule has 3 rings (SSSR count). The van der Waals surface area contributed by atoms with E-state index >= 15 is 0 Å². The van der Waals surface area contributed by atoms with Crippen LogP contribution in [0.15, 0.2) is 30.5 Å². The third-order valence-electron chi connectivity index (χ3n) is 4.17. The summed E-state index contributed by atoms with van der Waals surface area (Å²) >= 11 is 0. The number of aldehydes is 1. The van der Waals surface area contributed by atoms with Crippen molar-refractivity contribution in [3.8, 4) is 5.75 Å². The first kappa shape index (κ1) is 16.0. The molecule has 1 aromatic carbocycles. The Kier molecular flexibility index (Phi) is 5.25. The fourth-order valence-corrected chi connectivity index (χ4v) is 2.80. The highest BCUT2D eigenvalue weighted by molar-refractivity contribution is 6.04. The first-order valence-corrected chi connectivity index (χ1v) is 7.95. The van der Waals surface area contributed by atoms with Crippen LogP contribution >= 0.6 is 0 Å². The minimum absolute atomic E-state index is 0.639. The Bertz CT molecular complexity index is 672. The standard InChI is InChI=1S/C17H20BN3O2/c18-21-9-7-20(8-10-21)6-1-11-23-15-2-3-17-16(12-15)14(13-22)4-5-19-17/h2-5,12-13H,1,6-11H2. The van der Waals surface area contributed by atoms with Crippen LogP contribution in [0.2, 0.25) is 0 Å². The normalized spacial score (nSPS) is 16.5. The Hall–Kier alpha value is -1.92. The molecule has 2 radical (unpaired) electrons. The quantitative estimate of drug-likeness (QED) is 0.460. The number of ether oxygens (including phenoxy) is 1. The molecule has 2 heterocycles. The zero-order valence-electron chi connectivity index (χ0n) is 13.1. The number of hydrogen-bond donors (Lipinski definition) is 0. The second-order valence-electron chi connectivity index (χ2n) is 5.78. The van der Waals surface area contributed by atoms with Gasteiger partial charge >= 0.3 is 0 Å². The van der Waals surface area contributed by atoms with Crippen LogP contribution in [0.5, 0.6) is 5.75 Å². The maximum Gasteiger partial charge on any atom is 0.182 e. The molecule has 0 N–H and O–H groups in total. The van der Waals surface area contributed by atoms with E-state index in [9.17, 15) is 4.79 Å². The van der Waals surface area contributed by atoms with Gasteiger partial charge in [-0.1, -0.05) is 0 Å². The van der Waals surface area contributed by atoms with Crippen molar-refractivity contribution in [1.82, 2.24) is 14.7 Å². The lowest BCUT2D eigenvalue weighted by Gasteiger charge is -2.32. The van der Waals surface area contributed by atoms with Gasteiger partial charge in [-0.05, 0) is 43.8 Å². The second-order valence-corrected chi connectivity index (χ2v) is 5.78. The molecule has 0 amide bonds. The molecule has 2 aromatic rings. The minimum atomic E-state index is 0.639. The first-order valence-electron chi connectivity index (χ1n) is 7.95. The van der Waals surface area contributed by atoms with Crippen molar-refractivity contribution in [1.29, 1.82) is 0 Å². The summed E-state index contributed by atoms with van der Waals surface area (Å²) in [5, 5.41) is 0.832. The number of nitrogens with zero attached hydrogens (tertiary/aromatic N) is 3. The van der Waals surface area contributed by atoms with Gasteiger partial charge in [0.05, 0.1) is 12.1 Å². The van der Waals surface area contributed by atoms with E-state index in [1.165, 1.54) is 0 Å². The van der Waals surface area contributed by atoms with Gasteiger partial charge in [-0.15, -0.1) is 0 Å². The van der Waals surface area contributed by atoms with Crippen molar-refractivity contribution in [2.45, 2.75) is 6.42 Å². The number of carbonyl (C=O) groups is 1. The molecule has 0 aliphatic carbocycles. The highest BCUT2D eigenvalue weighted by Gasteiger charge is 2.12. The number of piperazine rings is 1. The van der Waals surface area contributed by atoms with E-state index in [2.05, 4.69) is 9.88 Å². The van der Waals surface area contributed by atoms with Crippen LogP contribution < -0.4 is 4.74 Å². The summed E-state index contributed by atoms with van der Waals surface area (Å²) in [7, 11) is 5.75. The number of benzene rings is 1. The molecule has 5 nitrogen and oxygen atoms in total. The monoisotopic (exact) mass is 309 g/mol. The lowest BCUT2D eigenvalue weighted by molar-refractivity contribution is 0.112. The molecule has 0 saturated carbocycles. The second kappa shape index (κ2) is 7.57. The van der Waals surface area contributed by atoms with E-state index in [0.717, 1.165) is 62.1 Å². The molecule has 6 heteroatoms. The maximum absolute atomic E-state index is 11.1. The summed E-state index contributed by atoms with van der Waals surface area (Å²) in [5.41, 5.74) is 1.45. The molecule has 23 heavy (non-hydrogen) atoms. The molecule has 0 atom stereocenters. The smallest absolute Gasteiger partial charge is 0.182 e. The average Bonchev–Trinajstić information content (AvgIpc) is 2.59. The van der Waals surface area contributed by atoms with Gasteiger partial charge in [-0.2, -0.15) is 0 Å². The minimum Gasteiger partial charge on any atom is -0.494 e. The maximum atomic E-state index is 11.1. The van der Waals surface area contributed by atoms with E-state index in [1.54, 1.807) is 12.3 Å². The SMILES string of the molecule is [B]N1CCN(CCCOc2ccc3nccc(C=O)c3c2)CC1. The van der Waals surface area contributed by atoms with Crippen LogP contribution in [0.4, 0.5) is 0 Å². The molecule has 1 aromatic heterocycles. The predicted octanol–water partition coefficient (Wildman–Crippen LogP) is 1.52. The van der Waals surface area contributed by atoms with Crippen molar-refractivity contribution in [3.05, 3.63) is 36.0 Å². The molecule has 1 aliphatic rings. The Morgan fingerprint density at radius 1 is 1.22 bits per heavy atom. The fraction of sp³-hybridized carbons (Fsp3) is 0.412. The highest BCUT2D eigenvalue weighted by atomic mass is 16.5. The number of carbonyl (C=O) groups excluding carboxylic acids is 1. The molecule has 0 spiro atoms. The Balaban J connectivity index is 1.52. The fourth-order valence-electron chi connectivity index (χ4n) is 2.80. The number of pyridine rings is 1. The molecule has 0 bridgehead atoms. The van der Waals surface area contributed by atoms with E-state index in [0.29, 0.717) is 12.2 Å². The van der Waals surface area contributed by atoms with Crippen LogP contribution in [0, 0.1) is 0 Å². The van der Waals surface area contributed by atoms with Gasteiger partial charge in [0, 0.05) is 36.8 Å². The Labute approximate surface area is 137 Å². The van der Waals surface area contributed by atoms with Gasteiger partial charge < -0.3 is 14.4 Å². The van der Waals surface area contributed by atoms with E-state index in [4.69, 9.17) is 12.7 Å². The van der Waals surface area contributed by atoms with Gasteiger partial charge in [0.15, 0.2) is 14.3 Å². The first-order chi connectivity index (χ1) is 11.3. The zero-order chi connectivity index (χ0) is 16.1. The summed E-state index contributed by atoms with van der Waals surface area (Å²) in [6.07, 6.45) is 3.47. The summed E-state index contributed by atoms with van der Waals surface area (Å²) in [6, 6.07) is 7.39. The topological polar surface area (TPSA) is 45.7 Å². The lowest BCUT2D eigenvalue weighted by Crippen LogP contribution is -2.45. The van der Waals surface area contributed by atoms with Crippen LogP contribution in [0.25, 0.3) is 10.9 Å². The van der Waals surface area contributed by atoms with Crippen molar-refractivity contribution in [3.63, 3.8) is 0 Å². The third kappa shape index (κ3) is 4.09. The largest absolute Gasteiger partial charge is 0.494 e. The zero-order valence-corrected chi connectivity index (χ0v) is 13.1. The van der Waals surface area contributed by atoms with Crippen molar-refractivity contribution in [2.24, 2.45) is 0 Å². The summed E-state index contributed by atoms with van der Waals surface area (Å²) in [5.74, 6) is 0.778. The van der Waals surface area contributed by atoms with E-state index in [1.807, 2.05) is 23.0 Å². The van der Waals surface area contributed by atoms with Gasteiger partial charge in [-0.25, -0.2) is 0 Å². The van der Waals surface area contributed by atoms with Gasteiger partial charge in [0.2, 0.25) is 0 Å². The molecule has 118 valence electrons. The number of aromatic nitrogens is 1. The molecule has 1 saturated heterocycles. The third-order valence-corrected chi connectivity index (χ3v) is 4.17. The molecular formula is C17H20BN3O2. The summed E-state index contributed by atoms with van der Waals surface area (Å²) < 4.78 is 5.82. The Morgan fingerprint density at radius 3 is 2.83 bits per heavy atom. The van der Waals surface area contributed by atoms with Gasteiger partial charge in [-0.3, -0.25) is 9.78 Å². The van der Waals surface area contributed by atoms with E-state index in [-0.39, 0.29) is 0 Å². The highest BCUT2D eigenvalue weighted by Crippen LogP contribution is 2.21. The average molecular weight is 309 g/mol. The number of fused-ring (bicyclic) bond motifs is 1. The predicted molar refractivity (Wildman–Crippen MR) is 91.0 cm³/mol. The van der Waals surface area contributed by atoms with Gasteiger partial charge in [0.1, 0.15) is 5.75 Å². The van der Waals surface area contributed by atoms with Crippen LogP contribution in [0.1, 0.15) is 16.8 Å². The van der Waals surface area contributed by atoms with Crippen molar-refractivity contribution < 1.29 is 9.53 Å². The van der Waals surface area contributed by atoms with Crippen LogP contribution in [-0.2, 0) is 0 Å². The van der Waals surface area contributed by atoms with Crippen molar-refractivity contribution in [2.75, 3.05) is 39.3 Å². The van der Waals surface area contributed by atoms with Crippen LogP contribution in [0.3, 0.4) is 0 Å². The number of hydrogen-bond acceptors (Lipinski definition) is 5. The molecule has 1 aliphatic heterocycles. The lowest BCUT2D eigenvalue weighted by atomic mass is 10.1. The Morgan fingerprint density at radius 2 is 2.04 bits per heavy atom. The number of rotatable bonds is 6. The molecule has 1 fully saturated rings. The summed E-state index contributed by atoms with van der Waals surface area (Å²) in [4.78, 5) is 19.6. The van der Waals surface area contributed by atoms with E-state index < -0.39 is 0 Å². The summed E-state index contributed by atoms with van der Waals surface area (Å²) in [6.45, 7) is 5.55. The van der Waals surface area contributed by atoms with Gasteiger partial charge in [0.25, 0.3) is 0 Å². The van der Waals surface area contributed by atoms with Crippen LogP contribution in [-0.4, -0.2) is 68.3 Å². The molecular weight excluding hydrogens is 289 g/mol. The van der Waals surface area contributed by atoms with Crippen molar-refractivity contribution >= 4 is 25.2 Å². The molecule has 0 unspecified atom stereocenters.